The molecule has 0 aliphatic carbocycles. The molecule has 1 unspecified atom stereocenters. The number of halogens is 1. The number of hydrogen-bond donors (Lipinski definition) is 1. The van der Waals surface area contributed by atoms with Crippen LogP contribution in [0, 0.1) is 5.82 Å². The first-order chi connectivity index (χ1) is 9.71. The number of amides is 1. The zero-order valence-electron chi connectivity index (χ0n) is 10.8. The van der Waals surface area contributed by atoms with E-state index < -0.39 is 5.66 Å². The molecule has 0 saturated carbocycles. The minimum Gasteiger partial charge on any atom is -0.357 e. The van der Waals surface area contributed by atoms with Crippen LogP contribution < -0.4 is 10.2 Å². The summed E-state index contributed by atoms with van der Waals surface area (Å²) in [5.74, 6) is -0.164. The lowest BCUT2D eigenvalue weighted by Gasteiger charge is -2.33. The van der Waals surface area contributed by atoms with Crippen molar-refractivity contribution in [3.8, 4) is 0 Å². The molecule has 20 heavy (non-hydrogen) atoms. The second kappa shape index (κ2) is 3.82. The second-order valence-corrected chi connectivity index (χ2v) is 5.24. The van der Waals surface area contributed by atoms with Gasteiger partial charge >= 0.3 is 0 Å². The summed E-state index contributed by atoms with van der Waals surface area (Å²) < 4.78 is 13.2. The van der Waals surface area contributed by atoms with Crippen LogP contribution in [0.5, 0.6) is 0 Å². The highest BCUT2D eigenvalue weighted by Gasteiger charge is 2.52. The number of carbonyl (C=O) groups is 1. The van der Waals surface area contributed by atoms with Gasteiger partial charge in [-0.3, -0.25) is 9.69 Å². The molecular formula is C16H13FN2O. The fourth-order valence-corrected chi connectivity index (χ4v) is 3.25. The molecule has 4 heteroatoms. The van der Waals surface area contributed by atoms with Gasteiger partial charge in [-0.1, -0.05) is 24.3 Å². The molecule has 1 atom stereocenters. The number of para-hydroxylation sites is 2. The van der Waals surface area contributed by atoms with E-state index in [-0.39, 0.29) is 11.7 Å². The SMILES string of the molecule is O=C1CCC2(c3ccc(F)cc3)Nc3ccccc3N12. The van der Waals surface area contributed by atoms with Gasteiger partial charge in [0.05, 0.1) is 11.4 Å². The molecule has 1 N–H and O–H groups in total. The lowest BCUT2D eigenvalue weighted by Crippen LogP contribution is -2.44. The Morgan fingerprint density at radius 3 is 2.65 bits per heavy atom. The number of benzene rings is 2. The van der Waals surface area contributed by atoms with Crippen molar-refractivity contribution in [3.05, 3.63) is 59.9 Å². The van der Waals surface area contributed by atoms with Crippen molar-refractivity contribution in [2.75, 3.05) is 10.2 Å². The van der Waals surface area contributed by atoms with Crippen molar-refractivity contribution >= 4 is 17.3 Å². The zero-order valence-corrected chi connectivity index (χ0v) is 10.8. The van der Waals surface area contributed by atoms with E-state index in [0.717, 1.165) is 16.9 Å². The average molecular weight is 268 g/mol. The molecule has 4 rings (SSSR count). The van der Waals surface area contributed by atoms with Gasteiger partial charge < -0.3 is 5.32 Å². The number of fused-ring (bicyclic) bond motifs is 3. The molecule has 0 spiro atoms. The molecule has 1 amide bonds. The number of nitrogens with zero attached hydrogens (tertiary/aromatic N) is 1. The highest BCUT2D eigenvalue weighted by atomic mass is 19.1. The molecule has 2 heterocycles. The number of hydrogen-bond acceptors (Lipinski definition) is 2. The second-order valence-electron chi connectivity index (χ2n) is 5.24. The molecule has 2 aliphatic heterocycles. The summed E-state index contributed by atoms with van der Waals surface area (Å²) in [7, 11) is 0. The van der Waals surface area contributed by atoms with Crippen molar-refractivity contribution in [1.29, 1.82) is 0 Å². The Kier molecular flexibility index (Phi) is 2.19. The largest absolute Gasteiger partial charge is 0.357 e. The van der Waals surface area contributed by atoms with Crippen molar-refractivity contribution in [2.45, 2.75) is 18.5 Å². The molecule has 0 bridgehead atoms. The third-order valence-corrected chi connectivity index (χ3v) is 4.14. The summed E-state index contributed by atoms with van der Waals surface area (Å²) in [6, 6.07) is 14.2. The minimum atomic E-state index is -0.561. The molecular weight excluding hydrogens is 255 g/mol. The third kappa shape index (κ3) is 1.36. The Labute approximate surface area is 116 Å². The average Bonchev–Trinajstić information content (AvgIpc) is 2.96. The Morgan fingerprint density at radius 2 is 1.85 bits per heavy atom. The predicted octanol–water partition coefficient (Wildman–Crippen LogP) is 3.23. The minimum absolute atomic E-state index is 0.103. The van der Waals surface area contributed by atoms with Gasteiger partial charge in [0.15, 0.2) is 0 Å². The van der Waals surface area contributed by atoms with E-state index in [1.54, 1.807) is 12.1 Å². The molecule has 2 aromatic carbocycles. The number of nitrogens with one attached hydrogen (secondary N) is 1. The van der Waals surface area contributed by atoms with Crippen LogP contribution in [0.15, 0.2) is 48.5 Å². The Hall–Kier alpha value is -2.36. The Morgan fingerprint density at radius 1 is 1.10 bits per heavy atom. The van der Waals surface area contributed by atoms with Gasteiger partial charge in [-0.15, -0.1) is 0 Å². The lowest BCUT2D eigenvalue weighted by molar-refractivity contribution is -0.117. The summed E-state index contributed by atoms with van der Waals surface area (Å²) in [4.78, 5) is 14.1. The van der Waals surface area contributed by atoms with Gasteiger partial charge in [0.25, 0.3) is 0 Å². The highest BCUT2D eigenvalue weighted by Crippen LogP contribution is 2.51. The topological polar surface area (TPSA) is 32.3 Å². The monoisotopic (exact) mass is 268 g/mol. The van der Waals surface area contributed by atoms with Crippen LogP contribution in [0.3, 0.4) is 0 Å². The van der Waals surface area contributed by atoms with E-state index in [2.05, 4.69) is 5.32 Å². The van der Waals surface area contributed by atoms with Gasteiger partial charge in [0.2, 0.25) is 5.91 Å². The predicted molar refractivity (Wildman–Crippen MR) is 74.9 cm³/mol. The van der Waals surface area contributed by atoms with Crippen LogP contribution in [-0.4, -0.2) is 5.91 Å². The molecule has 3 nitrogen and oxygen atoms in total. The molecule has 0 aromatic heterocycles. The van der Waals surface area contributed by atoms with Crippen LogP contribution in [0.2, 0.25) is 0 Å². The first-order valence-corrected chi connectivity index (χ1v) is 6.67. The maximum absolute atomic E-state index is 13.2. The smallest absolute Gasteiger partial charge is 0.229 e. The lowest BCUT2D eigenvalue weighted by atomic mass is 9.97. The fourth-order valence-electron chi connectivity index (χ4n) is 3.25. The van der Waals surface area contributed by atoms with Crippen LogP contribution in [0.25, 0.3) is 0 Å². The summed E-state index contributed by atoms with van der Waals surface area (Å²) in [6.07, 6.45) is 1.19. The van der Waals surface area contributed by atoms with E-state index >= 15 is 0 Å². The van der Waals surface area contributed by atoms with Gasteiger partial charge in [-0.05, 0) is 29.8 Å². The first-order valence-electron chi connectivity index (χ1n) is 6.67. The van der Waals surface area contributed by atoms with Crippen molar-refractivity contribution in [3.63, 3.8) is 0 Å². The van der Waals surface area contributed by atoms with Crippen molar-refractivity contribution in [2.24, 2.45) is 0 Å². The van der Waals surface area contributed by atoms with Gasteiger partial charge in [0, 0.05) is 12.8 Å². The quantitative estimate of drug-likeness (QED) is 0.861. The maximum atomic E-state index is 13.2. The normalized spacial score (nSPS) is 23.4. The molecule has 0 radical (unpaired) electrons. The first kappa shape index (κ1) is 11.5. The highest BCUT2D eigenvalue weighted by molar-refractivity contribution is 6.04. The van der Waals surface area contributed by atoms with E-state index in [4.69, 9.17) is 0 Å². The van der Waals surface area contributed by atoms with Crippen molar-refractivity contribution < 1.29 is 9.18 Å². The third-order valence-electron chi connectivity index (χ3n) is 4.14. The molecule has 100 valence electrons. The van der Waals surface area contributed by atoms with Crippen LogP contribution in [-0.2, 0) is 10.5 Å². The van der Waals surface area contributed by atoms with Crippen LogP contribution in [0.1, 0.15) is 18.4 Å². The zero-order chi connectivity index (χ0) is 13.7. The van der Waals surface area contributed by atoms with Crippen LogP contribution in [0.4, 0.5) is 15.8 Å². The molecule has 2 aliphatic rings. The Bertz CT molecular complexity index is 698. The van der Waals surface area contributed by atoms with E-state index in [9.17, 15) is 9.18 Å². The van der Waals surface area contributed by atoms with Gasteiger partial charge in [-0.25, -0.2) is 4.39 Å². The van der Waals surface area contributed by atoms with Gasteiger partial charge in [0.1, 0.15) is 11.5 Å². The summed E-state index contributed by atoms with van der Waals surface area (Å²) >= 11 is 0. The molecule has 2 aromatic rings. The van der Waals surface area contributed by atoms with Crippen LogP contribution >= 0.6 is 0 Å². The molecule has 1 fully saturated rings. The maximum Gasteiger partial charge on any atom is 0.229 e. The molecule has 1 saturated heterocycles. The standard InChI is InChI=1S/C16H13FN2O/c17-12-7-5-11(6-8-12)16-10-9-15(20)19(16)14-4-2-1-3-13(14)18-16/h1-8,18H,9-10H2. The fraction of sp³-hybridized carbons (Fsp3) is 0.188. The number of anilines is 2. The van der Waals surface area contributed by atoms with E-state index in [0.29, 0.717) is 12.8 Å². The number of carbonyl (C=O) groups excluding carboxylic acids is 1. The van der Waals surface area contributed by atoms with E-state index in [1.807, 2.05) is 29.2 Å². The summed E-state index contributed by atoms with van der Waals surface area (Å²) in [5.41, 5.74) is 2.21. The number of rotatable bonds is 1. The summed E-state index contributed by atoms with van der Waals surface area (Å²) in [5, 5.41) is 3.46. The van der Waals surface area contributed by atoms with E-state index in [1.165, 1.54) is 12.1 Å². The summed E-state index contributed by atoms with van der Waals surface area (Å²) in [6.45, 7) is 0. The van der Waals surface area contributed by atoms with Gasteiger partial charge in [-0.2, -0.15) is 0 Å². The van der Waals surface area contributed by atoms with Crippen molar-refractivity contribution in [1.82, 2.24) is 0 Å². The Balaban J connectivity index is 1.90.